The van der Waals surface area contributed by atoms with E-state index in [4.69, 9.17) is 0 Å². The number of carbonyl (C=O) groups excluding carboxylic acids is 2. The molecule has 0 fully saturated rings. The first-order chi connectivity index (χ1) is 10.5. The van der Waals surface area contributed by atoms with Crippen molar-refractivity contribution < 1.29 is 9.59 Å². The first kappa shape index (κ1) is 16.7. The molecule has 0 atom stereocenters. The number of nitrogens with one attached hydrogen (secondary N) is 2. The molecule has 0 saturated heterocycles. The van der Waals surface area contributed by atoms with Crippen LogP contribution in [0.5, 0.6) is 0 Å². The van der Waals surface area contributed by atoms with Crippen molar-refractivity contribution in [1.29, 1.82) is 0 Å². The van der Waals surface area contributed by atoms with E-state index in [0.29, 0.717) is 4.88 Å². The first-order valence-electron chi connectivity index (χ1n) is 6.92. The lowest BCUT2D eigenvalue weighted by molar-refractivity contribution is -0.121. The summed E-state index contributed by atoms with van der Waals surface area (Å²) in [7, 11) is 0. The normalized spacial score (nSPS) is 10.3. The van der Waals surface area contributed by atoms with Crippen LogP contribution < -0.4 is 10.9 Å². The van der Waals surface area contributed by atoms with Gasteiger partial charge in [0.15, 0.2) is 0 Å². The van der Waals surface area contributed by atoms with E-state index in [1.54, 1.807) is 0 Å². The summed E-state index contributed by atoms with van der Waals surface area (Å²) in [4.78, 5) is 25.6. The zero-order chi connectivity index (χ0) is 16.1. The van der Waals surface area contributed by atoms with E-state index >= 15 is 0 Å². The minimum Gasteiger partial charge on any atom is -0.273 e. The average Bonchev–Trinajstić information content (AvgIpc) is 2.88. The van der Waals surface area contributed by atoms with Crippen molar-refractivity contribution in [1.82, 2.24) is 10.9 Å². The van der Waals surface area contributed by atoms with Gasteiger partial charge >= 0.3 is 0 Å². The van der Waals surface area contributed by atoms with Crippen LogP contribution in [0.3, 0.4) is 0 Å². The maximum absolute atomic E-state index is 12.0. The van der Waals surface area contributed by atoms with E-state index in [-0.39, 0.29) is 18.2 Å². The third kappa shape index (κ3) is 4.42. The molecule has 0 aliphatic carbocycles. The van der Waals surface area contributed by atoms with Crippen LogP contribution in [0.1, 0.15) is 32.6 Å². The monoisotopic (exact) mass is 380 g/mol. The highest BCUT2D eigenvalue weighted by Gasteiger charge is 2.12. The Kier molecular flexibility index (Phi) is 5.74. The van der Waals surface area contributed by atoms with Gasteiger partial charge in [0.2, 0.25) is 5.91 Å². The lowest BCUT2D eigenvalue weighted by Crippen LogP contribution is -2.42. The molecular formula is C16H17BrN2O2S. The molecule has 0 bridgehead atoms. The Balaban J connectivity index is 1.87. The lowest BCUT2D eigenvalue weighted by Gasteiger charge is -2.06. The van der Waals surface area contributed by atoms with E-state index in [9.17, 15) is 9.59 Å². The van der Waals surface area contributed by atoms with Gasteiger partial charge in [0.1, 0.15) is 0 Å². The van der Waals surface area contributed by atoms with Crippen molar-refractivity contribution in [3.63, 3.8) is 0 Å². The number of amides is 2. The second-order valence-corrected chi connectivity index (χ2v) is 6.93. The van der Waals surface area contributed by atoms with Crippen LogP contribution in [-0.4, -0.2) is 11.8 Å². The number of carbonyl (C=O) groups is 2. The minimum atomic E-state index is -0.281. The Labute approximate surface area is 142 Å². The van der Waals surface area contributed by atoms with Gasteiger partial charge in [-0.2, -0.15) is 0 Å². The molecule has 6 heteroatoms. The summed E-state index contributed by atoms with van der Waals surface area (Å²) in [5.41, 5.74) is 6.90. The predicted molar refractivity (Wildman–Crippen MR) is 91.9 cm³/mol. The second kappa shape index (κ2) is 7.56. The van der Waals surface area contributed by atoms with Gasteiger partial charge in [-0.1, -0.05) is 35.0 Å². The third-order valence-electron chi connectivity index (χ3n) is 3.16. The van der Waals surface area contributed by atoms with Crippen LogP contribution in [0.4, 0.5) is 0 Å². The van der Waals surface area contributed by atoms with Crippen molar-refractivity contribution in [3.8, 4) is 0 Å². The number of halogens is 1. The van der Waals surface area contributed by atoms with Crippen LogP contribution >= 0.6 is 27.3 Å². The highest BCUT2D eigenvalue weighted by molar-refractivity contribution is 9.10. The SMILES string of the molecule is CCc1sc(C(=O)NNC(=O)Cc2ccc(Br)cc2)cc1C. The lowest BCUT2D eigenvalue weighted by atomic mass is 10.1. The van der Waals surface area contributed by atoms with E-state index in [0.717, 1.165) is 22.0 Å². The molecule has 0 unspecified atom stereocenters. The average molecular weight is 381 g/mol. The molecule has 2 amide bonds. The molecule has 2 aromatic rings. The van der Waals surface area contributed by atoms with Gasteiger partial charge in [0, 0.05) is 9.35 Å². The van der Waals surface area contributed by atoms with Gasteiger partial charge in [0.25, 0.3) is 5.91 Å². The summed E-state index contributed by atoms with van der Waals surface area (Å²) in [5.74, 6) is -0.531. The van der Waals surface area contributed by atoms with Crippen LogP contribution in [-0.2, 0) is 17.6 Å². The van der Waals surface area contributed by atoms with Gasteiger partial charge < -0.3 is 0 Å². The Morgan fingerprint density at radius 3 is 2.45 bits per heavy atom. The fourth-order valence-corrected chi connectivity index (χ4v) is 3.28. The van der Waals surface area contributed by atoms with Gasteiger partial charge in [0.05, 0.1) is 11.3 Å². The van der Waals surface area contributed by atoms with E-state index in [1.807, 2.05) is 37.3 Å². The Hall–Kier alpha value is -1.66. The number of thiophene rings is 1. The van der Waals surface area contributed by atoms with Crippen LogP contribution in [0.25, 0.3) is 0 Å². The number of aryl methyl sites for hydroxylation is 2. The van der Waals surface area contributed by atoms with Crippen LogP contribution in [0.15, 0.2) is 34.8 Å². The fraction of sp³-hybridized carbons (Fsp3) is 0.250. The van der Waals surface area contributed by atoms with Gasteiger partial charge in [-0.05, 0) is 42.7 Å². The number of benzene rings is 1. The quantitative estimate of drug-likeness (QED) is 0.798. The molecule has 1 heterocycles. The number of hydrogen-bond acceptors (Lipinski definition) is 3. The molecule has 0 aliphatic heterocycles. The predicted octanol–water partition coefficient (Wildman–Crippen LogP) is 3.39. The topological polar surface area (TPSA) is 58.2 Å². The molecular weight excluding hydrogens is 364 g/mol. The van der Waals surface area contributed by atoms with Crippen molar-refractivity contribution in [2.45, 2.75) is 26.7 Å². The molecule has 0 aliphatic rings. The highest BCUT2D eigenvalue weighted by atomic mass is 79.9. The Morgan fingerprint density at radius 1 is 1.18 bits per heavy atom. The van der Waals surface area contributed by atoms with E-state index in [2.05, 4.69) is 33.7 Å². The maximum atomic E-state index is 12.0. The molecule has 1 aromatic carbocycles. The molecule has 0 radical (unpaired) electrons. The molecule has 116 valence electrons. The standard InChI is InChI=1S/C16H17BrN2O2S/c1-3-13-10(2)8-14(22-13)16(21)19-18-15(20)9-11-4-6-12(17)7-5-11/h4-8H,3,9H2,1-2H3,(H,18,20)(H,19,21). The molecule has 2 N–H and O–H groups in total. The molecule has 4 nitrogen and oxygen atoms in total. The smallest absolute Gasteiger partial charge is 0.273 e. The summed E-state index contributed by atoms with van der Waals surface area (Å²) in [6.07, 6.45) is 1.12. The zero-order valence-electron chi connectivity index (χ0n) is 12.4. The minimum absolute atomic E-state index is 0.219. The fourth-order valence-electron chi connectivity index (χ4n) is 2.00. The van der Waals surface area contributed by atoms with Gasteiger partial charge in [-0.3, -0.25) is 20.4 Å². The molecule has 0 spiro atoms. The number of hydrogen-bond donors (Lipinski definition) is 2. The summed E-state index contributed by atoms with van der Waals surface area (Å²) in [6, 6.07) is 9.33. The van der Waals surface area contributed by atoms with Crippen molar-refractivity contribution in [3.05, 3.63) is 55.7 Å². The van der Waals surface area contributed by atoms with Crippen molar-refractivity contribution >= 4 is 39.1 Å². The molecule has 1 aromatic heterocycles. The Morgan fingerprint density at radius 2 is 1.86 bits per heavy atom. The van der Waals surface area contributed by atoms with Gasteiger partial charge in [-0.15, -0.1) is 11.3 Å². The van der Waals surface area contributed by atoms with Crippen LogP contribution in [0.2, 0.25) is 0 Å². The summed E-state index contributed by atoms with van der Waals surface area (Å²) in [5, 5.41) is 0. The third-order valence-corrected chi connectivity index (χ3v) is 5.07. The maximum Gasteiger partial charge on any atom is 0.279 e. The van der Waals surface area contributed by atoms with E-state index in [1.165, 1.54) is 16.2 Å². The Bertz CT molecular complexity index is 680. The van der Waals surface area contributed by atoms with Crippen LogP contribution in [0, 0.1) is 6.92 Å². The second-order valence-electron chi connectivity index (χ2n) is 4.88. The molecule has 0 saturated carbocycles. The van der Waals surface area contributed by atoms with E-state index < -0.39 is 0 Å². The van der Waals surface area contributed by atoms with Crippen molar-refractivity contribution in [2.24, 2.45) is 0 Å². The number of rotatable bonds is 4. The largest absolute Gasteiger partial charge is 0.279 e. The zero-order valence-corrected chi connectivity index (χ0v) is 14.8. The van der Waals surface area contributed by atoms with Crippen molar-refractivity contribution in [2.75, 3.05) is 0 Å². The summed E-state index contributed by atoms with van der Waals surface area (Å²) in [6.45, 7) is 4.04. The molecule has 22 heavy (non-hydrogen) atoms. The summed E-state index contributed by atoms with van der Waals surface area (Å²) >= 11 is 4.80. The summed E-state index contributed by atoms with van der Waals surface area (Å²) < 4.78 is 0.963. The molecule has 2 rings (SSSR count). The highest BCUT2D eigenvalue weighted by Crippen LogP contribution is 2.21. The van der Waals surface area contributed by atoms with Gasteiger partial charge in [-0.25, -0.2) is 0 Å². The first-order valence-corrected chi connectivity index (χ1v) is 8.53. The number of hydrazine groups is 1.